The Labute approximate surface area is 228 Å². The molecule has 0 atom stereocenters. The largest absolute Gasteiger partial charge is 0.462 e. The Morgan fingerprint density at radius 3 is 2.18 bits per heavy atom. The van der Waals surface area contributed by atoms with E-state index in [1.165, 1.54) is 22.3 Å². The highest BCUT2D eigenvalue weighted by atomic mass is 16.5. The molecule has 0 aliphatic heterocycles. The lowest BCUT2D eigenvalue weighted by atomic mass is 9.98. The maximum Gasteiger partial charge on any atom is 0.407 e. The average molecular weight is 521 g/mol. The zero-order chi connectivity index (χ0) is 27.4. The number of rotatable bonds is 8. The molecule has 1 aliphatic carbocycles. The van der Waals surface area contributed by atoms with Gasteiger partial charge in [-0.05, 0) is 78.9 Å². The summed E-state index contributed by atoms with van der Waals surface area (Å²) in [7, 11) is 0. The second-order valence-electron chi connectivity index (χ2n) is 9.54. The Morgan fingerprint density at radius 2 is 1.54 bits per heavy atom. The molecule has 0 radical (unpaired) electrons. The first kappa shape index (κ1) is 26.0. The number of ether oxygens (including phenoxy) is 2. The van der Waals surface area contributed by atoms with Crippen LogP contribution in [0.3, 0.4) is 0 Å². The minimum atomic E-state index is -0.436. The van der Waals surface area contributed by atoms with E-state index >= 15 is 0 Å². The Hall–Kier alpha value is -4.58. The molecule has 3 aromatic carbocycles. The van der Waals surface area contributed by atoms with Gasteiger partial charge in [-0.3, -0.25) is 0 Å². The third-order valence-corrected chi connectivity index (χ3v) is 7.11. The highest BCUT2D eigenvalue weighted by Gasteiger charge is 2.28. The smallest absolute Gasteiger partial charge is 0.407 e. The number of aromatic nitrogens is 1. The molecule has 6 nitrogen and oxygen atoms in total. The van der Waals surface area contributed by atoms with E-state index < -0.39 is 6.09 Å². The van der Waals surface area contributed by atoms with Crippen LogP contribution in [0.4, 0.5) is 4.79 Å². The van der Waals surface area contributed by atoms with Gasteiger partial charge in [0.1, 0.15) is 6.61 Å². The fourth-order valence-electron chi connectivity index (χ4n) is 5.29. The van der Waals surface area contributed by atoms with Crippen LogP contribution >= 0.6 is 0 Å². The lowest BCUT2D eigenvalue weighted by Crippen LogP contribution is -2.26. The van der Waals surface area contributed by atoms with Crippen molar-refractivity contribution in [1.29, 1.82) is 0 Å². The number of carbonyl (C=O) groups is 2. The van der Waals surface area contributed by atoms with Crippen molar-refractivity contribution in [3.63, 3.8) is 0 Å². The van der Waals surface area contributed by atoms with Crippen molar-refractivity contribution < 1.29 is 19.1 Å². The maximum absolute atomic E-state index is 12.5. The van der Waals surface area contributed by atoms with Gasteiger partial charge < -0.3 is 19.4 Å². The molecule has 0 bridgehead atoms. The molecule has 1 N–H and O–H groups in total. The summed E-state index contributed by atoms with van der Waals surface area (Å²) >= 11 is 0. The topological polar surface area (TPSA) is 69.6 Å². The van der Waals surface area contributed by atoms with E-state index in [1.807, 2.05) is 62.4 Å². The summed E-state index contributed by atoms with van der Waals surface area (Å²) in [5.74, 6) is -0.284. The van der Waals surface area contributed by atoms with Gasteiger partial charge in [0.2, 0.25) is 0 Å². The van der Waals surface area contributed by atoms with Crippen LogP contribution in [0.25, 0.3) is 22.9 Å². The van der Waals surface area contributed by atoms with Crippen LogP contribution in [-0.2, 0) is 9.47 Å². The van der Waals surface area contributed by atoms with Crippen LogP contribution in [0.2, 0.25) is 0 Å². The van der Waals surface area contributed by atoms with Crippen molar-refractivity contribution in [1.82, 2.24) is 9.88 Å². The van der Waals surface area contributed by atoms with E-state index in [-0.39, 0.29) is 11.9 Å². The second kappa shape index (κ2) is 11.4. The first-order chi connectivity index (χ1) is 19.0. The molecular formula is C33H32N2O4. The fraction of sp³-hybridized carbons (Fsp3) is 0.212. The Bertz CT molecular complexity index is 1490. The molecule has 0 fully saturated rings. The van der Waals surface area contributed by atoms with Crippen molar-refractivity contribution >= 4 is 18.1 Å². The van der Waals surface area contributed by atoms with E-state index in [0.717, 1.165) is 22.6 Å². The SMILES string of the molecule is CCOC(=O)c1ccc(-n2c(C)cc(C=CCNC(=O)OCC3c4ccccc4-c4ccccc43)c2C)cc1. The van der Waals surface area contributed by atoms with E-state index in [9.17, 15) is 9.59 Å². The highest BCUT2D eigenvalue weighted by molar-refractivity contribution is 5.89. The van der Waals surface area contributed by atoms with Crippen molar-refractivity contribution in [3.8, 4) is 16.8 Å². The summed E-state index contributed by atoms with van der Waals surface area (Å²) in [4.78, 5) is 24.4. The lowest BCUT2D eigenvalue weighted by Gasteiger charge is -2.14. The zero-order valence-electron chi connectivity index (χ0n) is 22.4. The Balaban J connectivity index is 1.17. The van der Waals surface area contributed by atoms with Crippen LogP contribution in [0, 0.1) is 13.8 Å². The average Bonchev–Trinajstić information content (AvgIpc) is 3.43. The van der Waals surface area contributed by atoms with Gasteiger partial charge in [0.05, 0.1) is 12.2 Å². The van der Waals surface area contributed by atoms with Crippen LogP contribution in [0.1, 0.15) is 51.3 Å². The Morgan fingerprint density at radius 1 is 0.897 bits per heavy atom. The summed E-state index contributed by atoms with van der Waals surface area (Å²) in [6.45, 7) is 6.88. The molecule has 1 aromatic heterocycles. The second-order valence-corrected chi connectivity index (χ2v) is 9.54. The van der Waals surface area contributed by atoms with Gasteiger partial charge in [0.15, 0.2) is 0 Å². The predicted molar refractivity (Wildman–Crippen MR) is 153 cm³/mol. The highest BCUT2D eigenvalue weighted by Crippen LogP contribution is 2.44. The summed E-state index contributed by atoms with van der Waals surface area (Å²) in [5.41, 5.74) is 9.48. The molecule has 6 heteroatoms. The zero-order valence-corrected chi connectivity index (χ0v) is 22.4. The fourth-order valence-corrected chi connectivity index (χ4v) is 5.29. The number of nitrogens with one attached hydrogen (secondary N) is 1. The van der Waals surface area contributed by atoms with E-state index in [0.29, 0.717) is 25.3 Å². The molecule has 4 aromatic rings. The van der Waals surface area contributed by atoms with Crippen LogP contribution in [-0.4, -0.2) is 36.4 Å². The molecule has 1 aliphatic rings. The standard InChI is InChI=1S/C33H32N2O4/c1-4-38-32(36)24-15-17-26(18-16-24)35-22(2)20-25(23(35)3)10-9-19-34-33(37)39-21-31-29-13-7-5-11-27(29)28-12-6-8-14-30(28)31/h5-18,20,31H,4,19,21H2,1-3H3,(H,34,37). The molecule has 0 saturated heterocycles. The number of esters is 1. The maximum atomic E-state index is 12.5. The third-order valence-electron chi connectivity index (χ3n) is 7.11. The predicted octanol–water partition coefficient (Wildman–Crippen LogP) is 6.82. The van der Waals surface area contributed by atoms with Gasteiger partial charge in [-0.2, -0.15) is 0 Å². The number of aryl methyl sites for hydroxylation is 1. The molecule has 0 spiro atoms. The Kier molecular flexibility index (Phi) is 7.64. The molecule has 39 heavy (non-hydrogen) atoms. The minimum absolute atomic E-state index is 0.0374. The number of hydrogen-bond acceptors (Lipinski definition) is 4. The molecule has 0 unspecified atom stereocenters. The van der Waals surface area contributed by atoms with E-state index in [4.69, 9.17) is 9.47 Å². The molecule has 198 valence electrons. The lowest BCUT2D eigenvalue weighted by molar-refractivity contribution is 0.0526. The van der Waals surface area contributed by atoms with Crippen molar-refractivity contribution in [3.05, 3.63) is 119 Å². The first-order valence-electron chi connectivity index (χ1n) is 13.2. The molecule has 5 rings (SSSR count). The summed E-state index contributed by atoms with van der Waals surface area (Å²) in [5, 5.41) is 2.83. The van der Waals surface area contributed by atoms with Gasteiger partial charge >= 0.3 is 12.1 Å². The van der Waals surface area contributed by atoms with Gasteiger partial charge in [-0.15, -0.1) is 0 Å². The minimum Gasteiger partial charge on any atom is -0.462 e. The van der Waals surface area contributed by atoms with Gasteiger partial charge in [0, 0.05) is 29.5 Å². The number of hydrogen-bond donors (Lipinski definition) is 1. The number of benzene rings is 3. The number of carbonyl (C=O) groups excluding carboxylic acids is 2. The van der Waals surface area contributed by atoms with Gasteiger partial charge in [-0.1, -0.05) is 60.7 Å². The van der Waals surface area contributed by atoms with Crippen molar-refractivity contribution in [2.75, 3.05) is 19.8 Å². The summed E-state index contributed by atoms with van der Waals surface area (Å²) < 4.78 is 12.8. The van der Waals surface area contributed by atoms with Crippen molar-refractivity contribution in [2.45, 2.75) is 26.7 Å². The molecule has 1 heterocycles. The molecule has 1 amide bonds. The van der Waals surface area contributed by atoms with Gasteiger partial charge in [-0.25, -0.2) is 9.59 Å². The number of fused-ring (bicyclic) bond motifs is 3. The monoisotopic (exact) mass is 520 g/mol. The van der Waals surface area contributed by atoms with Crippen molar-refractivity contribution in [2.24, 2.45) is 0 Å². The number of alkyl carbamates (subject to hydrolysis) is 1. The van der Waals surface area contributed by atoms with E-state index in [2.05, 4.69) is 40.2 Å². The van der Waals surface area contributed by atoms with E-state index in [1.54, 1.807) is 19.1 Å². The van der Waals surface area contributed by atoms with Gasteiger partial charge in [0.25, 0.3) is 0 Å². The first-order valence-corrected chi connectivity index (χ1v) is 13.2. The number of nitrogens with zero attached hydrogens (tertiary/aromatic N) is 1. The molecule has 0 saturated carbocycles. The quantitative estimate of drug-likeness (QED) is 0.259. The van der Waals surface area contributed by atoms with Crippen LogP contribution < -0.4 is 5.32 Å². The van der Waals surface area contributed by atoms with Crippen LogP contribution in [0.5, 0.6) is 0 Å². The normalized spacial score (nSPS) is 12.3. The number of amides is 1. The summed E-state index contributed by atoms with van der Waals surface area (Å²) in [6, 6.07) is 26.1. The van der Waals surface area contributed by atoms with Crippen LogP contribution in [0.15, 0.2) is 84.9 Å². The summed E-state index contributed by atoms with van der Waals surface area (Å²) in [6.07, 6.45) is 3.47. The third kappa shape index (κ3) is 5.36. The molecular weight excluding hydrogens is 488 g/mol.